The van der Waals surface area contributed by atoms with Crippen LogP contribution in [-0.2, 0) is 4.79 Å². The smallest absolute Gasteiger partial charge is 0.259 e. The summed E-state index contributed by atoms with van der Waals surface area (Å²) in [5, 5.41) is 7.01. The van der Waals surface area contributed by atoms with Crippen LogP contribution in [-0.4, -0.2) is 27.7 Å². The lowest BCUT2D eigenvalue weighted by Crippen LogP contribution is -2.26. The summed E-state index contributed by atoms with van der Waals surface area (Å²) in [5.41, 5.74) is 5.75. The Bertz CT molecular complexity index is 887. The number of carbonyl (C=O) groups is 1. The van der Waals surface area contributed by atoms with Crippen LogP contribution < -0.4 is 10.7 Å². The molecule has 3 rings (SSSR count). The quantitative estimate of drug-likeness (QED) is 0.530. The molecule has 0 saturated carbocycles. The number of rotatable bonds is 6. The maximum absolute atomic E-state index is 12.8. The minimum atomic E-state index is -0.320. The third kappa shape index (κ3) is 4.54. The lowest BCUT2D eigenvalue weighted by molar-refractivity contribution is -0.119. The second-order valence-electron chi connectivity index (χ2n) is 5.61. The van der Waals surface area contributed by atoms with Gasteiger partial charge in [0.15, 0.2) is 0 Å². The van der Waals surface area contributed by atoms with Gasteiger partial charge < -0.3 is 9.88 Å². The van der Waals surface area contributed by atoms with Crippen LogP contribution in [0.3, 0.4) is 0 Å². The summed E-state index contributed by atoms with van der Waals surface area (Å²) < 4.78 is 14.7. The predicted octanol–water partition coefficient (Wildman–Crippen LogP) is 2.96. The zero-order valence-electron chi connectivity index (χ0n) is 14.2. The Hall–Kier alpha value is -3.48. The van der Waals surface area contributed by atoms with Crippen molar-refractivity contribution in [1.29, 1.82) is 0 Å². The van der Waals surface area contributed by atoms with Crippen LogP contribution in [0.2, 0.25) is 0 Å². The minimum absolute atomic E-state index is 0.0436. The zero-order valence-corrected chi connectivity index (χ0v) is 14.2. The number of nitrogens with zero attached hydrogens (tertiary/aromatic N) is 3. The number of anilines is 1. The molecule has 1 aromatic heterocycles. The number of benzene rings is 2. The molecule has 6 nitrogen and oxygen atoms in total. The van der Waals surface area contributed by atoms with Gasteiger partial charge in [-0.3, -0.25) is 4.79 Å². The van der Waals surface area contributed by atoms with E-state index in [1.165, 1.54) is 12.1 Å². The van der Waals surface area contributed by atoms with E-state index in [-0.39, 0.29) is 18.3 Å². The Labute approximate surface area is 150 Å². The lowest BCUT2D eigenvalue weighted by Gasteiger charge is -2.07. The van der Waals surface area contributed by atoms with Crippen LogP contribution in [0.4, 0.5) is 10.1 Å². The second-order valence-corrected chi connectivity index (χ2v) is 5.61. The summed E-state index contributed by atoms with van der Waals surface area (Å²) >= 11 is 0. The summed E-state index contributed by atoms with van der Waals surface area (Å²) in [5.74, 6) is -0.608. The van der Waals surface area contributed by atoms with E-state index in [0.717, 1.165) is 11.3 Å². The Morgan fingerprint density at radius 2 is 1.88 bits per heavy atom. The third-order valence-electron chi connectivity index (χ3n) is 3.73. The number of carbonyl (C=O) groups excluding carboxylic acids is 1. The van der Waals surface area contributed by atoms with Crippen molar-refractivity contribution in [3.8, 4) is 5.69 Å². The van der Waals surface area contributed by atoms with Crippen LogP contribution in [0.1, 0.15) is 12.5 Å². The van der Waals surface area contributed by atoms with Gasteiger partial charge in [-0.25, -0.2) is 14.8 Å². The molecule has 1 amide bonds. The van der Waals surface area contributed by atoms with Gasteiger partial charge in [-0.05, 0) is 48.9 Å². The molecule has 1 heterocycles. The Morgan fingerprint density at radius 1 is 1.15 bits per heavy atom. The van der Waals surface area contributed by atoms with Crippen molar-refractivity contribution < 1.29 is 9.18 Å². The number of hydrogen-bond donors (Lipinski definition) is 2. The number of amides is 1. The van der Waals surface area contributed by atoms with Gasteiger partial charge in [-0.1, -0.05) is 12.1 Å². The van der Waals surface area contributed by atoms with Gasteiger partial charge >= 0.3 is 0 Å². The number of halogens is 1. The van der Waals surface area contributed by atoms with Crippen LogP contribution in [0.25, 0.3) is 5.69 Å². The van der Waals surface area contributed by atoms with Crippen LogP contribution >= 0.6 is 0 Å². The molecule has 7 heteroatoms. The molecule has 0 spiro atoms. The third-order valence-corrected chi connectivity index (χ3v) is 3.73. The zero-order chi connectivity index (χ0) is 18.4. The molecular weight excluding hydrogens is 333 g/mol. The molecule has 0 aliphatic heterocycles. The topological polar surface area (TPSA) is 71.3 Å². The van der Waals surface area contributed by atoms with Crippen molar-refractivity contribution in [2.45, 2.75) is 6.92 Å². The van der Waals surface area contributed by atoms with Gasteiger partial charge in [0.1, 0.15) is 5.82 Å². The molecule has 2 N–H and O–H groups in total. The molecule has 0 saturated heterocycles. The van der Waals surface area contributed by atoms with Crippen LogP contribution in [0.15, 0.2) is 72.4 Å². The van der Waals surface area contributed by atoms with Crippen molar-refractivity contribution >= 4 is 17.3 Å². The minimum Gasteiger partial charge on any atom is -0.376 e. The van der Waals surface area contributed by atoms with Gasteiger partial charge in [0.05, 0.1) is 18.6 Å². The number of hydrogen-bond acceptors (Lipinski definition) is 4. The second kappa shape index (κ2) is 8.06. The highest BCUT2D eigenvalue weighted by molar-refractivity contribution is 5.99. The number of imidazole rings is 1. The van der Waals surface area contributed by atoms with Crippen molar-refractivity contribution in [2.24, 2.45) is 5.10 Å². The van der Waals surface area contributed by atoms with Crippen LogP contribution in [0.5, 0.6) is 0 Å². The van der Waals surface area contributed by atoms with E-state index in [0.29, 0.717) is 11.4 Å². The Kier molecular flexibility index (Phi) is 5.38. The first-order valence-electron chi connectivity index (χ1n) is 8.03. The first kappa shape index (κ1) is 17.3. The van der Waals surface area contributed by atoms with E-state index in [2.05, 4.69) is 20.8 Å². The molecule has 0 unspecified atom stereocenters. The highest BCUT2D eigenvalue weighted by Crippen LogP contribution is 2.10. The van der Waals surface area contributed by atoms with E-state index in [1.807, 2.05) is 42.0 Å². The van der Waals surface area contributed by atoms with E-state index in [4.69, 9.17) is 0 Å². The van der Waals surface area contributed by atoms with E-state index >= 15 is 0 Å². The van der Waals surface area contributed by atoms with Gasteiger partial charge in [-0.15, -0.1) is 0 Å². The Morgan fingerprint density at radius 3 is 2.54 bits per heavy atom. The molecule has 0 bridgehead atoms. The number of aromatic nitrogens is 2. The fourth-order valence-corrected chi connectivity index (χ4v) is 2.29. The summed E-state index contributed by atoms with van der Waals surface area (Å²) in [7, 11) is 0. The SMILES string of the molecule is CC(=NNC(=O)CNc1ccc(F)cc1)c1ccc(-n2ccnc2)cc1. The molecule has 0 aliphatic rings. The average molecular weight is 351 g/mol. The largest absolute Gasteiger partial charge is 0.376 e. The highest BCUT2D eigenvalue weighted by atomic mass is 19.1. The van der Waals surface area contributed by atoms with E-state index in [1.54, 1.807) is 24.7 Å². The molecule has 2 aromatic carbocycles. The van der Waals surface area contributed by atoms with Gasteiger partial charge in [-0.2, -0.15) is 5.10 Å². The molecule has 0 radical (unpaired) electrons. The summed E-state index contributed by atoms with van der Waals surface area (Å²) in [4.78, 5) is 15.9. The predicted molar refractivity (Wildman–Crippen MR) is 98.8 cm³/mol. The van der Waals surface area contributed by atoms with E-state index in [9.17, 15) is 9.18 Å². The fraction of sp³-hybridized carbons (Fsp3) is 0.105. The highest BCUT2D eigenvalue weighted by Gasteiger charge is 2.03. The summed E-state index contributed by atoms with van der Waals surface area (Å²) in [6.45, 7) is 1.86. The lowest BCUT2D eigenvalue weighted by atomic mass is 10.1. The summed E-state index contributed by atoms with van der Waals surface area (Å²) in [6, 6.07) is 13.6. The summed E-state index contributed by atoms with van der Waals surface area (Å²) in [6.07, 6.45) is 5.31. The maximum Gasteiger partial charge on any atom is 0.259 e. The van der Waals surface area contributed by atoms with Crippen molar-refractivity contribution in [1.82, 2.24) is 15.0 Å². The monoisotopic (exact) mass is 351 g/mol. The normalized spacial score (nSPS) is 11.2. The van der Waals surface area contributed by atoms with Gasteiger partial charge in [0.2, 0.25) is 0 Å². The number of hydrazone groups is 1. The number of nitrogens with one attached hydrogen (secondary N) is 2. The first-order chi connectivity index (χ1) is 12.6. The average Bonchev–Trinajstić information content (AvgIpc) is 3.20. The van der Waals surface area contributed by atoms with Gasteiger partial charge in [0.25, 0.3) is 5.91 Å². The molecule has 26 heavy (non-hydrogen) atoms. The van der Waals surface area contributed by atoms with Crippen molar-refractivity contribution in [2.75, 3.05) is 11.9 Å². The first-order valence-corrected chi connectivity index (χ1v) is 8.03. The molecular formula is C19H18FN5O. The molecule has 0 aliphatic carbocycles. The fourth-order valence-electron chi connectivity index (χ4n) is 2.29. The molecule has 3 aromatic rings. The van der Waals surface area contributed by atoms with E-state index < -0.39 is 0 Å². The van der Waals surface area contributed by atoms with Crippen molar-refractivity contribution in [3.63, 3.8) is 0 Å². The molecule has 132 valence electrons. The van der Waals surface area contributed by atoms with Crippen molar-refractivity contribution in [3.05, 3.63) is 78.6 Å². The van der Waals surface area contributed by atoms with Gasteiger partial charge in [0, 0.05) is 23.8 Å². The standard InChI is InChI=1S/C19H18FN5O/c1-14(15-2-8-18(9-3-15)25-11-10-21-13-25)23-24-19(26)12-22-17-6-4-16(20)5-7-17/h2-11,13,22H,12H2,1H3,(H,24,26). The maximum atomic E-state index is 12.8. The van der Waals surface area contributed by atoms with Crippen LogP contribution in [0, 0.1) is 5.82 Å². The Balaban J connectivity index is 1.54. The molecule has 0 atom stereocenters. The molecule has 0 fully saturated rings.